The SMILES string of the molecule is CCC(C(=O)NC)N(Cc1ccc(C)cc1)C(=O)CN(c1ccc(Cl)cc1C)S(=O)(=O)c1ccc(C)cc1. The van der Waals surface area contributed by atoms with Crippen molar-refractivity contribution in [1.29, 1.82) is 0 Å². The van der Waals surface area contributed by atoms with Crippen LogP contribution in [0.3, 0.4) is 0 Å². The molecule has 1 atom stereocenters. The van der Waals surface area contributed by atoms with Crippen molar-refractivity contribution in [3.8, 4) is 0 Å². The van der Waals surface area contributed by atoms with Crippen molar-refractivity contribution in [2.24, 2.45) is 0 Å². The zero-order valence-corrected chi connectivity index (χ0v) is 23.9. The van der Waals surface area contributed by atoms with E-state index in [1.165, 1.54) is 24.1 Å². The van der Waals surface area contributed by atoms with Crippen LogP contribution in [0.1, 0.15) is 35.6 Å². The fourth-order valence-corrected chi connectivity index (χ4v) is 5.93. The van der Waals surface area contributed by atoms with Gasteiger partial charge in [-0.25, -0.2) is 8.42 Å². The molecule has 2 amide bonds. The number of hydrogen-bond acceptors (Lipinski definition) is 4. The third kappa shape index (κ3) is 6.74. The molecule has 3 rings (SSSR count). The number of likely N-dealkylation sites (N-methyl/N-ethyl adjacent to an activating group) is 1. The Kier molecular flexibility index (Phi) is 9.57. The molecule has 0 bridgehead atoms. The van der Waals surface area contributed by atoms with Crippen LogP contribution in [0.4, 0.5) is 5.69 Å². The summed E-state index contributed by atoms with van der Waals surface area (Å²) in [5, 5.41) is 3.08. The van der Waals surface area contributed by atoms with Crippen molar-refractivity contribution >= 4 is 39.1 Å². The number of carbonyl (C=O) groups excluding carboxylic acids is 2. The van der Waals surface area contributed by atoms with E-state index in [4.69, 9.17) is 11.6 Å². The van der Waals surface area contributed by atoms with E-state index in [1.54, 1.807) is 37.3 Å². The van der Waals surface area contributed by atoms with Crippen LogP contribution < -0.4 is 9.62 Å². The summed E-state index contributed by atoms with van der Waals surface area (Å²) < 4.78 is 28.9. The summed E-state index contributed by atoms with van der Waals surface area (Å²) >= 11 is 6.15. The molecule has 9 heteroatoms. The first kappa shape index (κ1) is 29.2. The van der Waals surface area contributed by atoms with Gasteiger partial charge >= 0.3 is 0 Å². The van der Waals surface area contributed by atoms with Gasteiger partial charge in [-0.15, -0.1) is 0 Å². The fourth-order valence-electron chi connectivity index (χ4n) is 4.23. The van der Waals surface area contributed by atoms with Gasteiger partial charge < -0.3 is 10.2 Å². The van der Waals surface area contributed by atoms with Crippen LogP contribution in [-0.2, 0) is 26.2 Å². The second kappa shape index (κ2) is 12.5. The summed E-state index contributed by atoms with van der Waals surface area (Å²) in [7, 11) is -2.61. The number of halogens is 1. The summed E-state index contributed by atoms with van der Waals surface area (Å²) in [6, 6.07) is 18.2. The number of anilines is 1. The molecule has 0 aliphatic rings. The van der Waals surface area contributed by atoms with Gasteiger partial charge in [0.1, 0.15) is 12.6 Å². The second-order valence-corrected chi connectivity index (χ2v) is 11.6. The summed E-state index contributed by atoms with van der Waals surface area (Å²) in [5.74, 6) is -0.811. The Bertz CT molecular complexity index is 1390. The largest absolute Gasteiger partial charge is 0.357 e. The minimum Gasteiger partial charge on any atom is -0.357 e. The number of aryl methyl sites for hydroxylation is 3. The topological polar surface area (TPSA) is 86.8 Å². The highest BCUT2D eigenvalue weighted by molar-refractivity contribution is 7.92. The van der Waals surface area contributed by atoms with Crippen molar-refractivity contribution in [2.75, 3.05) is 17.9 Å². The van der Waals surface area contributed by atoms with Gasteiger partial charge in [0.15, 0.2) is 0 Å². The molecule has 0 saturated carbocycles. The first-order chi connectivity index (χ1) is 18.0. The van der Waals surface area contributed by atoms with E-state index in [1.807, 2.05) is 45.0 Å². The van der Waals surface area contributed by atoms with Crippen LogP contribution in [0, 0.1) is 20.8 Å². The van der Waals surface area contributed by atoms with Crippen LogP contribution in [0.5, 0.6) is 0 Å². The molecule has 3 aromatic carbocycles. The maximum Gasteiger partial charge on any atom is 0.264 e. The number of nitrogens with one attached hydrogen (secondary N) is 1. The predicted molar refractivity (Wildman–Crippen MR) is 152 cm³/mol. The van der Waals surface area contributed by atoms with Crippen LogP contribution in [-0.4, -0.2) is 44.8 Å². The highest BCUT2D eigenvalue weighted by atomic mass is 35.5. The molecule has 1 N–H and O–H groups in total. The third-order valence-electron chi connectivity index (χ3n) is 6.42. The quantitative estimate of drug-likeness (QED) is 0.381. The number of nitrogens with zero attached hydrogens (tertiary/aromatic N) is 2. The lowest BCUT2D eigenvalue weighted by Gasteiger charge is -2.33. The normalized spacial score (nSPS) is 12.1. The van der Waals surface area contributed by atoms with Crippen molar-refractivity contribution < 1.29 is 18.0 Å². The van der Waals surface area contributed by atoms with Crippen molar-refractivity contribution in [2.45, 2.75) is 51.6 Å². The molecule has 0 aromatic heterocycles. The molecule has 38 heavy (non-hydrogen) atoms. The number of rotatable bonds is 10. The first-order valence-corrected chi connectivity index (χ1v) is 14.2. The number of hydrogen-bond donors (Lipinski definition) is 1. The Morgan fingerprint density at radius 2 is 1.50 bits per heavy atom. The fraction of sp³-hybridized carbons (Fsp3) is 0.310. The maximum atomic E-state index is 13.9. The Balaban J connectivity index is 2.09. The van der Waals surface area contributed by atoms with E-state index >= 15 is 0 Å². The molecule has 0 radical (unpaired) electrons. The molecule has 3 aromatic rings. The Morgan fingerprint density at radius 1 is 0.921 bits per heavy atom. The molecule has 7 nitrogen and oxygen atoms in total. The first-order valence-electron chi connectivity index (χ1n) is 12.4. The van der Waals surface area contributed by atoms with Crippen molar-refractivity contribution in [3.05, 3.63) is 94.0 Å². The minimum atomic E-state index is -4.13. The molecule has 202 valence electrons. The summed E-state index contributed by atoms with van der Waals surface area (Å²) in [5.41, 5.74) is 3.76. The average Bonchev–Trinajstić information content (AvgIpc) is 2.88. The molecule has 0 aliphatic heterocycles. The second-order valence-electron chi connectivity index (χ2n) is 9.30. The van der Waals surface area contributed by atoms with Gasteiger partial charge in [0, 0.05) is 18.6 Å². The van der Waals surface area contributed by atoms with Gasteiger partial charge in [0.25, 0.3) is 10.0 Å². The molecule has 0 heterocycles. The van der Waals surface area contributed by atoms with E-state index in [0.29, 0.717) is 22.7 Å². The van der Waals surface area contributed by atoms with Crippen LogP contribution in [0.25, 0.3) is 0 Å². The lowest BCUT2D eigenvalue weighted by Crippen LogP contribution is -2.51. The van der Waals surface area contributed by atoms with Crippen molar-refractivity contribution in [3.63, 3.8) is 0 Å². The number of benzene rings is 3. The number of amides is 2. The van der Waals surface area contributed by atoms with Crippen LogP contribution >= 0.6 is 11.6 Å². The predicted octanol–water partition coefficient (Wildman–Crippen LogP) is 5.01. The monoisotopic (exact) mass is 555 g/mol. The molecule has 1 unspecified atom stereocenters. The zero-order valence-electron chi connectivity index (χ0n) is 22.4. The highest BCUT2D eigenvalue weighted by Crippen LogP contribution is 2.29. The lowest BCUT2D eigenvalue weighted by molar-refractivity contribution is -0.140. The smallest absolute Gasteiger partial charge is 0.264 e. The summed E-state index contributed by atoms with van der Waals surface area (Å²) in [6.45, 7) is 7.06. The van der Waals surface area contributed by atoms with E-state index in [-0.39, 0.29) is 17.3 Å². The molecular formula is C29H34ClN3O4S. The Hall–Kier alpha value is -3.36. The van der Waals surface area contributed by atoms with Crippen molar-refractivity contribution in [1.82, 2.24) is 10.2 Å². The molecular weight excluding hydrogens is 522 g/mol. The maximum absolute atomic E-state index is 13.9. The van der Waals surface area contributed by atoms with E-state index in [9.17, 15) is 18.0 Å². The third-order valence-corrected chi connectivity index (χ3v) is 8.43. The standard InChI is InChI=1S/C29H34ClN3O4S/c1-6-26(29(35)31-5)32(18-23-11-7-20(2)8-12-23)28(34)19-33(27-16-13-24(30)17-22(27)4)38(36,37)25-14-9-21(3)10-15-25/h7-17,26H,6,18-19H2,1-5H3,(H,31,35). The summed E-state index contributed by atoms with van der Waals surface area (Å²) in [6.07, 6.45) is 0.363. The van der Waals surface area contributed by atoms with Gasteiger partial charge in [0.2, 0.25) is 11.8 Å². The van der Waals surface area contributed by atoms with Gasteiger partial charge in [-0.2, -0.15) is 0 Å². The van der Waals surface area contributed by atoms with E-state index in [0.717, 1.165) is 21.0 Å². The van der Waals surface area contributed by atoms with E-state index < -0.39 is 28.5 Å². The van der Waals surface area contributed by atoms with Gasteiger partial charge in [-0.1, -0.05) is 66.0 Å². The number of carbonyl (C=O) groups is 2. The molecule has 0 spiro atoms. The van der Waals surface area contributed by atoms with Gasteiger partial charge in [-0.3, -0.25) is 13.9 Å². The lowest BCUT2D eigenvalue weighted by atomic mass is 10.1. The average molecular weight is 556 g/mol. The van der Waals surface area contributed by atoms with Gasteiger partial charge in [0.05, 0.1) is 10.6 Å². The van der Waals surface area contributed by atoms with Gasteiger partial charge in [-0.05, 0) is 68.7 Å². The van der Waals surface area contributed by atoms with E-state index in [2.05, 4.69) is 5.32 Å². The summed E-state index contributed by atoms with van der Waals surface area (Å²) in [4.78, 5) is 28.2. The Labute approximate surface area is 230 Å². The van der Waals surface area contributed by atoms with Crippen LogP contribution in [0.2, 0.25) is 5.02 Å². The minimum absolute atomic E-state index is 0.0636. The van der Waals surface area contributed by atoms with Crippen LogP contribution in [0.15, 0.2) is 71.6 Å². The molecule has 0 saturated heterocycles. The Morgan fingerprint density at radius 3 is 2.03 bits per heavy atom. The zero-order chi connectivity index (χ0) is 28.0. The molecule has 0 fully saturated rings. The number of sulfonamides is 1. The highest BCUT2D eigenvalue weighted by Gasteiger charge is 2.34. The molecule has 0 aliphatic carbocycles.